The van der Waals surface area contributed by atoms with Crippen molar-refractivity contribution in [2.45, 2.75) is 19.7 Å². The number of nitrogens with zero attached hydrogens (tertiary/aromatic N) is 1. The first kappa shape index (κ1) is 22.0. The summed E-state index contributed by atoms with van der Waals surface area (Å²) in [4.78, 5) is 4.28. The van der Waals surface area contributed by atoms with Crippen molar-refractivity contribution in [3.05, 3.63) is 88.5 Å². The zero-order chi connectivity index (χ0) is 19.1. The summed E-state index contributed by atoms with van der Waals surface area (Å²) < 4.78 is 24.4. The number of hydrogen-bond acceptors (Lipinski definition) is 4. The quantitative estimate of drug-likeness (QED) is 0.543. The van der Waals surface area contributed by atoms with Gasteiger partial charge in [0.15, 0.2) is 11.5 Å². The van der Waals surface area contributed by atoms with Gasteiger partial charge in [0.1, 0.15) is 12.4 Å². The topological polar surface area (TPSA) is 43.4 Å². The summed E-state index contributed by atoms with van der Waals surface area (Å²) in [5.41, 5.74) is 2.76. The van der Waals surface area contributed by atoms with E-state index in [-0.39, 0.29) is 24.8 Å². The maximum Gasteiger partial charge on any atom is 0.161 e. The molecule has 148 valence electrons. The summed E-state index contributed by atoms with van der Waals surface area (Å²) in [5.74, 6) is 0.862. The smallest absolute Gasteiger partial charge is 0.161 e. The number of hydrogen-bond donors (Lipinski definition) is 1. The van der Waals surface area contributed by atoms with Crippen LogP contribution >= 0.6 is 24.0 Å². The van der Waals surface area contributed by atoms with Gasteiger partial charge in [-0.15, -0.1) is 12.4 Å². The van der Waals surface area contributed by atoms with Gasteiger partial charge < -0.3 is 14.8 Å². The van der Waals surface area contributed by atoms with Crippen molar-refractivity contribution in [2.24, 2.45) is 0 Å². The third kappa shape index (κ3) is 6.09. The molecule has 0 saturated carbocycles. The van der Waals surface area contributed by atoms with Crippen LogP contribution in [-0.4, -0.2) is 12.1 Å². The molecule has 1 N–H and O–H groups in total. The van der Waals surface area contributed by atoms with Gasteiger partial charge in [-0.2, -0.15) is 0 Å². The standard InChI is InChI=1S/C21H20ClFN2O2.ClH/c1-26-21-10-15(12-24-13-18-4-2-3-9-25-18)5-8-20(21)27-14-16-6-7-17(23)11-19(16)22;/h2-11,24H,12-14H2,1H3;1H. The minimum absolute atomic E-state index is 0. The summed E-state index contributed by atoms with van der Waals surface area (Å²) in [6.45, 7) is 1.59. The van der Waals surface area contributed by atoms with Gasteiger partial charge in [-0.25, -0.2) is 4.39 Å². The average Bonchev–Trinajstić information content (AvgIpc) is 2.68. The molecule has 0 aliphatic heterocycles. The second-order valence-electron chi connectivity index (χ2n) is 5.93. The van der Waals surface area contributed by atoms with Gasteiger partial charge in [-0.3, -0.25) is 4.98 Å². The summed E-state index contributed by atoms with van der Waals surface area (Å²) >= 11 is 6.04. The van der Waals surface area contributed by atoms with Crippen molar-refractivity contribution in [3.63, 3.8) is 0 Å². The predicted octanol–water partition coefficient (Wildman–Crippen LogP) is 5.17. The van der Waals surface area contributed by atoms with Gasteiger partial charge in [0.05, 0.1) is 17.8 Å². The van der Waals surface area contributed by atoms with Crippen LogP contribution in [0.25, 0.3) is 0 Å². The summed E-state index contributed by atoms with van der Waals surface area (Å²) in [7, 11) is 1.60. The molecule has 0 spiro atoms. The van der Waals surface area contributed by atoms with Gasteiger partial charge in [-0.05, 0) is 42.0 Å². The number of rotatable bonds is 8. The summed E-state index contributed by atoms with van der Waals surface area (Å²) in [5, 5.41) is 3.68. The van der Waals surface area contributed by atoms with Crippen LogP contribution < -0.4 is 14.8 Å². The molecule has 0 aliphatic rings. The highest BCUT2D eigenvalue weighted by Crippen LogP contribution is 2.29. The van der Waals surface area contributed by atoms with Crippen molar-refractivity contribution in [1.82, 2.24) is 10.3 Å². The van der Waals surface area contributed by atoms with Crippen molar-refractivity contribution in [1.29, 1.82) is 0 Å². The van der Waals surface area contributed by atoms with Crippen molar-refractivity contribution >= 4 is 24.0 Å². The molecule has 3 aromatic rings. The molecule has 28 heavy (non-hydrogen) atoms. The summed E-state index contributed by atoms with van der Waals surface area (Å²) in [6, 6.07) is 15.8. The zero-order valence-electron chi connectivity index (χ0n) is 15.3. The van der Waals surface area contributed by atoms with Crippen LogP contribution in [0.2, 0.25) is 5.02 Å². The Morgan fingerprint density at radius 1 is 1.04 bits per heavy atom. The number of methoxy groups -OCH3 is 1. The molecule has 2 aromatic carbocycles. The first-order valence-electron chi connectivity index (χ1n) is 8.50. The number of ether oxygens (including phenoxy) is 2. The number of aromatic nitrogens is 1. The lowest BCUT2D eigenvalue weighted by Gasteiger charge is -2.13. The average molecular weight is 423 g/mol. The van der Waals surface area contributed by atoms with Crippen LogP contribution in [0.5, 0.6) is 11.5 Å². The number of halogens is 3. The lowest BCUT2D eigenvalue weighted by atomic mass is 10.2. The molecule has 0 fully saturated rings. The van der Waals surface area contributed by atoms with E-state index in [1.165, 1.54) is 12.1 Å². The Labute approximate surface area is 175 Å². The minimum atomic E-state index is -0.371. The van der Waals surface area contributed by atoms with Gasteiger partial charge in [0.2, 0.25) is 0 Å². The van der Waals surface area contributed by atoms with E-state index in [2.05, 4.69) is 10.3 Å². The predicted molar refractivity (Wildman–Crippen MR) is 111 cm³/mol. The highest BCUT2D eigenvalue weighted by atomic mass is 35.5. The normalized spacial score (nSPS) is 10.2. The Morgan fingerprint density at radius 2 is 1.89 bits per heavy atom. The molecule has 1 heterocycles. The van der Waals surface area contributed by atoms with Gasteiger partial charge in [-0.1, -0.05) is 29.8 Å². The lowest BCUT2D eigenvalue weighted by molar-refractivity contribution is 0.284. The largest absolute Gasteiger partial charge is 0.493 e. The first-order chi connectivity index (χ1) is 13.2. The van der Waals surface area contributed by atoms with E-state index in [9.17, 15) is 4.39 Å². The van der Waals surface area contributed by atoms with E-state index < -0.39 is 0 Å². The fourth-order valence-corrected chi connectivity index (χ4v) is 2.79. The van der Waals surface area contributed by atoms with Crippen LogP contribution in [0, 0.1) is 5.82 Å². The van der Waals surface area contributed by atoms with Crippen LogP contribution in [0.15, 0.2) is 60.8 Å². The zero-order valence-corrected chi connectivity index (χ0v) is 16.9. The maximum absolute atomic E-state index is 13.1. The van der Waals surface area contributed by atoms with E-state index in [4.69, 9.17) is 21.1 Å². The lowest BCUT2D eigenvalue weighted by Crippen LogP contribution is -2.13. The van der Waals surface area contributed by atoms with E-state index in [0.29, 0.717) is 35.2 Å². The highest BCUT2D eigenvalue weighted by Gasteiger charge is 2.08. The maximum atomic E-state index is 13.1. The molecule has 0 atom stereocenters. The molecule has 7 heteroatoms. The number of nitrogens with one attached hydrogen (secondary N) is 1. The van der Waals surface area contributed by atoms with Crippen LogP contribution in [0.3, 0.4) is 0 Å². The van der Waals surface area contributed by atoms with E-state index in [0.717, 1.165) is 11.3 Å². The van der Waals surface area contributed by atoms with Crippen molar-refractivity contribution < 1.29 is 13.9 Å². The Balaban J connectivity index is 0.00000280. The molecule has 4 nitrogen and oxygen atoms in total. The van der Waals surface area contributed by atoms with Crippen molar-refractivity contribution in [3.8, 4) is 11.5 Å². The van der Waals surface area contributed by atoms with Crippen LogP contribution in [-0.2, 0) is 19.7 Å². The third-order valence-corrected chi connectivity index (χ3v) is 4.34. The molecule has 1 aromatic heterocycles. The van der Waals surface area contributed by atoms with Crippen molar-refractivity contribution in [2.75, 3.05) is 7.11 Å². The molecule has 0 unspecified atom stereocenters. The van der Waals surface area contributed by atoms with Crippen LogP contribution in [0.1, 0.15) is 16.8 Å². The number of pyridine rings is 1. The molecule has 0 saturated heterocycles. The Bertz CT molecular complexity index is 895. The monoisotopic (exact) mass is 422 g/mol. The van der Waals surface area contributed by atoms with E-state index in [1.807, 2.05) is 36.4 Å². The van der Waals surface area contributed by atoms with Crippen LogP contribution in [0.4, 0.5) is 4.39 Å². The van der Waals surface area contributed by atoms with E-state index >= 15 is 0 Å². The number of benzene rings is 2. The molecule has 0 radical (unpaired) electrons. The fraction of sp³-hybridized carbons (Fsp3) is 0.190. The minimum Gasteiger partial charge on any atom is -0.493 e. The van der Waals surface area contributed by atoms with E-state index in [1.54, 1.807) is 19.4 Å². The molecular weight excluding hydrogens is 402 g/mol. The van der Waals surface area contributed by atoms with Gasteiger partial charge in [0, 0.05) is 24.8 Å². The third-order valence-electron chi connectivity index (χ3n) is 3.99. The SMILES string of the molecule is COc1cc(CNCc2ccccn2)ccc1OCc1ccc(F)cc1Cl.Cl. The second kappa shape index (κ2) is 10.9. The molecule has 0 amide bonds. The van der Waals surface area contributed by atoms with Gasteiger partial charge >= 0.3 is 0 Å². The Kier molecular flexibility index (Phi) is 8.51. The molecule has 0 aliphatic carbocycles. The van der Waals surface area contributed by atoms with Gasteiger partial charge in [0.25, 0.3) is 0 Å². The Hall–Kier alpha value is -2.34. The fourth-order valence-electron chi connectivity index (χ4n) is 2.57. The second-order valence-corrected chi connectivity index (χ2v) is 6.34. The Morgan fingerprint density at radius 3 is 2.61 bits per heavy atom. The molecule has 3 rings (SSSR count). The molecular formula is C21H21Cl2FN2O2. The molecule has 0 bridgehead atoms. The first-order valence-corrected chi connectivity index (χ1v) is 8.88. The highest BCUT2D eigenvalue weighted by molar-refractivity contribution is 6.31. The summed E-state index contributed by atoms with van der Waals surface area (Å²) in [6.07, 6.45) is 1.78.